The zero-order valence-corrected chi connectivity index (χ0v) is 15.0. The molecule has 0 heterocycles. The number of hydrogen-bond acceptors (Lipinski definition) is 4. The Bertz CT molecular complexity index is 490. The summed E-state index contributed by atoms with van der Waals surface area (Å²) in [4.78, 5) is 12.1. The summed E-state index contributed by atoms with van der Waals surface area (Å²) < 4.78 is 0. The van der Waals surface area contributed by atoms with E-state index in [0.29, 0.717) is 6.42 Å². The zero-order chi connectivity index (χ0) is 16.7. The minimum atomic E-state index is 0.00357. The molecule has 0 aliphatic heterocycles. The van der Waals surface area contributed by atoms with Crippen molar-refractivity contribution in [1.29, 1.82) is 0 Å². The fourth-order valence-corrected chi connectivity index (χ4v) is 3.12. The van der Waals surface area contributed by atoms with Gasteiger partial charge in [-0.05, 0) is 45.6 Å². The fourth-order valence-electron chi connectivity index (χ4n) is 2.48. The largest absolute Gasteiger partial charge is 0.395 e. The molecule has 0 aliphatic carbocycles. The lowest BCUT2D eigenvalue weighted by atomic mass is 10.1. The Morgan fingerprint density at radius 3 is 2.55 bits per heavy atom. The van der Waals surface area contributed by atoms with E-state index in [1.807, 2.05) is 46.1 Å². The number of thioether (sulfide) groups is 1. The van der Waals surface area contributed by atoms with Crippen molar-refractivity contribution in [3.8, 4) is 0 Å². The highest BCUT2D eigenvalue weighted by molar-refractivity contribution is 7.99. The van der Waals surface area contributed by atoms with Gasteiger partial charge in [-0.15, -0.1) is 0 Å². The smallest absolute Gasteiger partial charge is 0.225 e. The van der Waals surface area contributed by atoms with Crippen LogP contribution in [0.1, 0.15) is 31.4 Å². The second-order valence-corrected chi connectivity index (χ2v) is 6.96. The number of carbonyl (C=O) groups is 1. The van der Waals surface area contributed by atoms with Crippen LogP contribution in [0.3, 0.4) is 0 Å². The van der Waals surface area contributed by atoms with Crippen LogP contribution in [0.2, 0.25) is 0 Å². The van der Waals surface area contributed by atoms with Crippen LogP contribution in [0, 0.1) is 13.8 Å². The summed E-state index contributed by atoms with van der Waals surface area (Å²) in [7, 11) is 0. The monoisotopic (exact) mass is 324 g/mol. The van der Waals surface area contributed by atoms with Gasteiger partial charge >= 0.3 is 0 Å². The van der Waals surface area contributed by atoms with Crippen molar-refractivity contribution >= 4 is 23.4 Å². The molecule has 0 aromatic heterocycles. The third-order valence-electron chi connectivity index (χ3n) is 3.74. The molecule has 0 radical (unpaired) electrons. The molecular weight excluding hydrogens is 296 g/mol. The predicted octanol–water partition coefficient (Wildman–Crippen LogP) is 2.72. The lowest BCUT2D eigenvalue weighted by molar-refractivity contribution is -0.116. The number of rotatable bonds is 8. The first-order valence-corrected chi connectivity index (χ1v) is 8.93. The number of carbonyl (C=O) groups excluding carboxylic acids is 1. The van der Waals surface area contributed by atoms with E-state index < -0.39 is 0 Å². The Morgan fingerprint density at radius 1 is 1.32 bits per heavy atom. The molecule has 5 heteroatoms. The van der Waals surface area contributed by atoms with Gasteiger partial charge in [0.05, 0.1) is 6.61 Å². The number of anilines is 1. The minimum absolute atomic E-state index is 0.00357. The van der Waals surface area contributed by atoms with E-state index >= 15 is 0 Å². The van der Waals surface area contributed by atoms with Crippen LogP contribution in [0.25, 0.3) is 0 Å². The molecule has 3 atom stereocenters. The molecule has 0 spiro atoms. The molecule has 0 aliphatic rings. The number of aliphatic hydroxyl groups excluding tert-OH is 1. The van der Waals surface area contributed by atoms with Gasteiger partial charge in [0.15, 0.2) is 0 Å². The van der Waals surface area contributed by atoms with Gasteiger partial charge in [-0.3, -0.25) is 4.79 Å². The van der Waals surface area contributed by atoms with E-state index in [1.54, 1.807) is 11.8 Å². The highest BCUT2D eigenvalue weighted by atomic mass is 32.2. The van der Waals surface area contributed by atoms with Gasteiger partial charge in [-0.2, -0.15) is 11.8 Å². The van der Waals surface area contributed by atoms with Gasteiger partial charge in [0.2, 0.25) is 5.91 Å². The molecule has 1 aromatic rings. The summed E-state index contributed by atoms with van der Waals surface area (Å²) >= 11 is 1.63. The average Bonchev–Trinajstić information content (AvgIpc) is 2.43. The number of nitrogens with one attached hydrogen (secondary N) is 2. The quantitative estimate of drug-likeness (QED) is 0.688. The molecule has 22 heavy (non-hydrogen) atoms. The van der Waals surface area contributed by atoms with Crippen molar-refractivity contribution in [3.05, 3.63) is 29.3 Å². The minimum Gasteiger partial charge on any atom is -0.395 e. The Labute approximate surface area is 138 Å². The van der Waals surface area contributed by atoms with Crippen LogP contribution in [-0.2, 0) is 4.79 Å². The molecule has 4 nitrogen and oxygen atoms in total. The molecule has 124 valence electrons. The number of amides is 1. The van der Waals surface area contributed by atoms with Crippen molar-refractivity contribution in [3.63, 3.8) is 0 Å². The van der Waals surface area contributed by atoms with Crippen LogP contribution in [-0.4, -0.2) is 41.2 Å². The SMILES string of the molecule is CSC(CO)C(C)NC(C)CC(=O)Nc1ccc(C)cc1C. The third-order valence-corrected chi connectivity index (χ3v) is 4.90. The summed E-state index contributed by atoms with van der Waals surface area (Å²) in [6.07, 6.45) is 2.39. The molecule has 1 rings (SSSR count). The Balaban J connectivity index is 2.50. The number of benzene rings is 1. The highest BCUT2D eigenvalue weighted by Gasteiger charge is 2.18. The van der Waals surface area contributed by atoms with Gasteiger partial charge in [-0.1, -0.05) is 17.7 Å². The molecule has 3 N–H and O–H groups in total. The molecule has 0 bridgehead atoms. The lowest BCUT2D eigenvalue weighted by Gasteiger charge is -2.25. The van der Waals surface area contributed by atoms with Gasteiger partial charge in [0.1, 0.15) is 0 Å². The van der Waals surface area contributed by atoms with E-state index in [1.165, 1.54) is 5.56 Å². The number of hydrogen-bond donors (Lipinski definition) is 3. The van der Waals surface area contributed by atoms with E-state index in [9.17, 15) is 9.90 Å². The molecule has 0 saturated heterocycles. The van der Waals surface area contributed by atoms with Gasteiger partial charge in [0, 0.05) is 29.4 Å². The summed E-state index contributed by atoms with van der Waals surface area (Å²) in [5.74, 6) is 0.00357. The maximum Gasteiger partial charge on any atom is 0.225 e. The van der Waals surface area contributed by atoms with Crippen molar-refractivity contribution in [2.45, 2.75) is 51.4 Å². The van der Waals surface area contributed by atoms with E-state index in [4.69, 9.17) is 0 Å². The Hall–Kier alpha value is -1.04. The maximum atomic E-state index is 12.1. The predicted molar refractivity (Wildman–Crippen MR) is 95.6 cm³/mol. The summed E-state index contributed by atoms with van der Waals surface area (Å²) in [6, 6.07) is 6.21. The summed E-state index contributed by atoms with van der Waals surface area (Å²) in [5.41, 5.74) is 3.13. The van der Waals surface area contributed by atoms with Gasteiger partial charge in [-0.25, -0.2) is 0 Å². The first kappa shape index (κ1) is 19.0. The van der Waals surface area contributed by atoms with Crippen LogP contribution in [0.4, 0.5) is 5.69 Å². The molecule has 1 aromatic carbocycles. The molecule has 3 unspecified atom stereocenters. The topological polar surface area (TPSA) is 61.4 Å². The second kappa shape index (κ2) is 9.18. The number of aryl methyl sites for hydroxylation is 2. The summed E-state index contributed by atoms with van der Waals surface area (Å²) in [6.45, 7) is 8.20. The van der Waals surface area contributed by atoms with E-state index in [-0.39, 0.29) is 29.8 Å². The van der Waals surface area contributed by atoms with Crippen LogP contribution >= 0.6 is 11.8 Å². The average molecular weight is 324 g/mol. The van der Waals surface area contributed by atoms with Crippen molar-refractivity contribution in [2.24, 2.45) is 0 Å². The molecule has 0 fully saturated rings. The zero-order valence-electron chi connectivity index (χ0n) is 14.1. The number of aliphatic hydroxyl groups is 1. The summed E-state index contributed by atoms with van der Waals surface area (Å²) in [5, 5.41) is 15.8. The van der Waals surface area contributed by atoms with Crippen LogP contribution < -0.4 is 10.6 Å². The van der Waals surface area contributed by atoms with Crippen LogP contribution in [0.5, 0.6) is 0 Å². The van der Waals surface area contributed by atoms with Crippen molar-refractivity contribution in [2.75, 3.05) is 18.2 Å². The second-order valence-electron chi connectivity index (χ2n) is 5.88. The van der Waals surface area contributed by atoms with Crippen LogP contribution in [0.15, 0.2) is 18.2 Å². The lowest BCUT2D eigenvalue weighted by Crippen LogP contribution is -2.43. The third kappa shape index (κ3) is 5.99. The van der Waals surface area contributed by atoms with Crippen molar-refractivity contribution < 1.29 is 9.90 Å². The van der Waals surface area contributed by atoms with E-state index in [2.05, 4.69) is 16.7 Å². The first-order chi connectivity index (χ1) is 10.4. The molecular formula is C17H28N2O2S. The molecule has 1 amide bonds. The standard InChI is InChI=1S/C17H28N2O2S/c1-11-6-7-15(12(2)8-11)19-17(21)9-13(3)18-14(4)16(10-20)22-5/h6-8,13-14,16,18,20H,9-10H2,1-5H3,(H,19,21). The van der Waals surface area contributed by atoms with E-state index in [0.717, 1.165) is 11.3 Å². The maximum absolute atomic E-state index is 12.1. The first-order valence-electron chi connectivity index (χ1n) is 7.64. The Morgan fingerprint density at radius 2 is 2.00 bits per heavy atom. The van der Waals surface area contributed by atoms with Gasteiger partial charge in [0.25, 0.3) is 0 Å². The highest BCUT2D eigenvalue weighted by Crippen LogP contribution is 2.16. The molecule has 0 saturated carbocycles. The van der Waals surface area contributed by atoms with Crippen molar-refractivity contribution in [1.82, 2.24) is 5.32 Å². The fraction of sp³-hybridized carbons (Fsp3) is 0.588. The Kier molecular flexibility index (Phi) is 7.93. The normalized spacial score (nSPS) is 15.2. The van der Waals surface area contributed by atoms with Gasteiger partial charge < -0.3 is 15.7 Å².